The van der Waals surface area contributed by atoms with Crippen molar-refractivity contribution >= 4 is 6.03 Å². The molecule has 2 bridgehead atoms. The van der Waals surface area contributed by atoms with E-state index in [9.17, 15) is 4.79 Å². The van der Waals surface area contributed by atoms with Gasteiger partial charge in [-0.15, -0.1) is 0 Å². The number of carbonyl (C=O) groups excluding carboxylic acids is 1. The number of hydrogen-bond acceptors (Lipinski definition) is 4. The Bertz CT molecular complexity index is 647. The van der Waals surface area contributed by atoms with Crippen LogP contribution in [0.3, 0.4) is 0 Å². The lowest BCUT2D eigenvalue weighted by atomic mass is 9.95. The number of aromatic nitrogens is 2. The Morgan fingerprint density at radius 1 is 1.30 bits per heavy atom. The van der Waals surface area contributed by atoms with Gasteiger partial charge in [0.05, 0.1) is 30.6 Å². The van der Waals surface area contributed by atoms with Gasteiger partial charge in [-0.1, -0.05) is 13.3 Å². The van der Waals surface area contributed by atoms with E-state index in [0.717, 1.165) is 45.0 Å². The zero-order valence-electron chi connectivity index (χ0n) is 16.7. The van der Waals surface area contributed by atoms with Crippen LogP contribution in [-0.2, 0) is 24.4 Å². The maximum absolute atomic E-state index is 12.6. The number of urea groups is 1. The third kappa shape index (κ3) is 3.99. The Balaban J connectivity index is 1.29. The highest BCUT2D eigenvalue weighted by atomic mass is 16.5. The molecule has 1 unspecified atom stereocenters. The standard InChI is InChI=1S/C20H33N5O2/c1-3-4-7-23-8-9-25-18(14-23)10-17(22-25)11-21-20(26)24-12-15-5-6-16(13-24)19(15)27-2/h10,15-16,19H,3-9,11-14H2,1-2H3,(H,21,26)/t15-,16+,19?. The van der Waals surface area contributed by atoms with Crippen molar-refractivity contribution < 1.29 is 9.53 Å². The molecule has 1 N–H and O–H groups in total. The largest absolute Gasteiger partial charge is 0.381 e. The second kappa shape index (κ2) is 8.19. The fourth-order valence-corrected chi connectivity index (χ4v) is 5.04. The molecule has 1 aromatic heterocycles. The van der Waals surface area contributed by atoms with Crippen molar-refractivity contribution in [2.45, 2.75) is 58.3 Å². The molecule has 1 saturated heterocycles. The van der Waals surface area contributed by atoms with Crippen LogP contribution in [0, 0.1) is 11.8 Å². The van der Waals surface area contributed by atoms with Gasteiger partial charge in [-0.3, -0.25) is 9.58 Å². The number of likely N-dealkylation sites (tertiary alicyclic amines) is 1. The molecule has 2 fully saturated rings. The number of ether oxygens (including phenoxy) is 1. The number of carbonyl (C=O) groups is 1. The molecule has 3 atom stereocenters. The van der Waals surface area contributed by atoms with Crippen LogP contribution in [0.1, 0.15) is 44.0 Å². The summed E-state index contributed by atoms with van der Waals surface area (Å²) in [5.74, 6) is 0.988. The Morgan fingerprint density at radius 3 is 2.78 bits per heavy atom. The van der Waals surface area contributed by atoms with Gasteiger partial charge < -0.3 is 15.0 Å². The van der Waals surface area contributed by atoms with E-state index < -0.39 is 0 Å². The van der Waals surface area contributed by atoms with Gasteiger partial charge in [0.2, 0.25) is 0 Å². The Hall–Kier alpha value is -1.60. The van der Waals surface area contributed by atoms with E-state index in [1.807, 2.05) is 4.90 Å². The van der Waals surface area contributed by atoms with Gasteiger partial charge in [0.25, 0.3) is 0 Å². The average molecular weight is 376 g/mol. The van der Waals surface area contributed by atoms with Crippen LogP contribution in [0.25, 0.3) is 0 Å². The predicted octanol–water partition coefficient (Wildman–Crippen LogP) is 2.07. The summed E-state index contributed by atoms with van der Waals surface area (Å²) >= 11 is 0. The predicted molar refractivity (Wildman–Crippen MR) is 103 cm³/mol. The Kier molecular flexibility index (Phi) is 5.68. The van der Waals surface area contributed by atoms with E-state index in [1.165, 1.54) is 31.4 Å². The Labute approximate surface area is 162 Å². The van der Waals surface area contributed by atoms with Crippen LogP contribution >= 0.6 is 0 Å². The zero-order chi connectivity index (χ0) is 18.8. The van der Waals surface area contributed by atoms with Crippen molar-refractivity contribution in [3.05, 3.63) is 17.5 Å². The highest BCUT2D eigenvalue weighted by Crippen LogP contribution is 2.38. The van der Waals surface area contributed by atoms with Crippen molar-refractivity contribution in [1.82, 2.24) is 24.9 Å². The molecule has 1 saturated carbocycles. The molecule has 3 aliphatic rings. The molecular weight excluding hydrogens is 342 g/mol. The lowest BCUT2D eigenvalue weighted by molar-refractivity contribution is -0.00510. The SMILES string of the molecule is CCCCN1CCn2nc(CNC(=O)N3C[C@H]4CC[C@@H](C3)C4OC)cc2C1. The van der Waals surface area contributed by atoms with Crippen LogP contribution in [0.5, 0.6) is 0 Å². The van der Waals surface area contributed by atoms with Crippen LogP contribution in [0.15, 0.2) is 6.07 Å². The van der Waals surface area contributed by atoms with E-state index >= 15 is 0 Å². The highest BCUT2D eigenvalue weighted by molar-refractivity contribution is 5.74. The van der Waals surface area contributed by atoms with E-state index in [-0.39, 0.29) is 6.03 Å². The van der Waals surface area contributed by atoms with Gasteiger partial charge in [0.1, 0.15) is 0 Å². The van der Waals surface area contributed by atoms with Crippen molar-refractivity contribution in [3.63, 3.8) is 0 Å². The molecular formula is C20H33N5O2. The van der Waals surface area contributed by atoms with E-state index in [1.54, 1.807) is 7.11 Å². The second-order valence-corrected chi connectivity index (χ2v) is 8.34. The van der Waals surface area contributed by atoms with Gasteiger partial charge in [-0.2, -0.15) is 5.10 Å². The normalized spacial score (nSPS) is 27.6. The molecule has 0 aromatic carbocycles. The number of piperidine rings is 1. The number of hydrogen-bond donors (Lipinski definition) is 1. The molecule has 2 aliphatic heterocycles. The molecule has 27 heavy (non-hydrogen) atoms. The van der Waals surface area contributed by atoms with Crippen LogP contribution in [0.2, 0.25) is 0 Å². The summed E-state index contributed by atoms with van der Waals surface area (Å²) in [6.07, 6.45) is 5.17. The highest BCUT2D eigenvalue weighted by Gasteiger charge is 2.43. The number of methoxy groups -OCH3 is 1. The van der Waals surface area contributed by atoms with E-state index in [0.29, 0.717) is 24.5 Å². The minimum absolute atomic E-state index is 0.0389. The van der Waals surface area contributed by atoms with Crippen molar-refractivity contribution in [2.75, 3.05) is 33.3 Å². The summed E-state index contributed by atoms with van der Waals surface area (Å²) in [5, 5.41) is 7.77. The minimum Gasteiger partial charge on any atom is -0.381 e. The molecule has 150 valence electrons. The quantitative estimate of drug-likeness (QED) is 0.827. The van der Waals surface area contributed by atoms with Crippen molar-refractivity contribution in [1.29, 1.82) is 0 Å². The minimum atomic E-state index is 0.0389. The fraction of sp³-hybridized carbons (Fsp3) is 0.800. The van der Waals surface area contributed by atoms with Gasteiger partial charge in [-0.25, -0.2) is 4.79 Å². The van der Waals surface area contributed by atoms with Gasteiger partial charge >= 0.3 is 6.03 Å². The van der Waals surface area contributed by atoms with Gasteiger partial charge in [-0.05, 0) is 31.9 Å². The van der Waals surface area contributed by atoms with Gasteiger partial charge in [0.15, 0.2) is 0 Å². The first-order chi connectivity index (χ1) is 13.2. The summed E-state index contributed by atoms with van der Waals surface area (Å²) in [6.45, 7) is 8.51. The first kappa shape index (κ1) is 18.7. The molecule has 1 aliphatic carbocycles. The maximum atomic E-state index is 12.6. The number of nitrogens with one attached hydrogen (secondary N) is 1. The van der Waals surface area contributed by atoms with Crippen LogP contribution in [-0.4, -0.2) is 65.0 Å². The number of rotatable bonds is 6. The molecule has 7 nitrogen and oxygen atoms in total. The number of amides is 2. The summed E-state index contributed by atoms with van der Waals surface area (Å²) in [6, 6.07) is 2.19. The summed E-state index contributed by atoms with van der Waals surface area (Å²) in [5.41, 5.74) is 2.23. The average Bonchev–Trinajstić information content (AvgIpc) is 3.20. The second-order valence-electron chi connectivity index (χ2n) is 8.34. The summed E-state index contributed by atoms with van der Waals surface area (Å²) in [4.78, 5) is 17.1. The lowest BCUT2D eigenvalue weighted by Gasteiger charge is -2.37. The zero-order valence-corrected chi connectivity index (χ0v) is 16.7. The van der Waals surface area contributed by atoms with Crippen LogP contribution in [0.4, 0.5) is 4.79 Å². The number of unbranched alkanes of at least 4 members (excludes halogenated alkanes) is 1. The Morgan fingerprint density at radius 2 is 2.07 bits per heavy atom. The molecule has 0 radical (unpaired) electrons. The van der Waals surface area contributed by atoms with Gasteiger partial charge in [0, 0.05) is 45.1 Å². The number of fused-ring (bicyclic) bond motifs is 3. The maximum Gasteiger partial charge on any atom is 0.317 e. The first-order valence-electron chi connectivity index (χ1n) is 10.5. The lowest BCUT2D eigenvalue weighted by Crippen LogP contribution is -2.51. The molecule has 1 aromatic rings. The summed E-state index contributed by atoms with van der Waals surface area (Å²) < 4.78 is 7.75. The molecule has 4 rings (SSSR count). The fourth-order valence-electron chi connectivity index (χ4n) is 5.04. The monoisotopic (exact) mass is 375 g/mol. The molecule has 7 heteroatoms. The molecule has 2 amide bonds. The first-order valence-corrected chi connectivity index (χ1v) is 10.5. The third-order valence-corrected chi connectivity index (χ3v) is 6.48. The third-order valence-electron chi connectivity index (χ3n) is 6.48. The van der Waals surface area contributed by atoms with Crippen molar-refractivity contribution in [2.24, 2.45) is 11.8 Å². The van der Waals surface area contributed by atoms with E-state index in [2.05, 4.69) is 33.0 Å². The number of nitrogens with zero attached hydrogens (tertiary/aromatic N) is 4. The summed E-state index contributed by atoms with van der Waals surface area (Å²) in [7, 11) is 1.80. The smallest absolute Gasteiger partial charge is 0.317 e. The van der Waals surface area contributed by atoms with Crippen molar-refractivity contribution in [3.8, 4) is 0 Å². The molecule has 3 heterocycles. The topological polar surface area (TPSA) is 62.6 Å². The van der Waals surface area contributed by atoms with Crippen LogP contribution < -0.4 is 5.32 Å². The van der Waals surface area contributed by atoms with E-state index in [4.69, 9.17) is 4.74 Å². The molecule has 0 spiro atoms.